The maximum atomic E-state index is 12.5. The van der Waals surface area contributed by atoms with Gasteiger partial charge in [0.05, 0.1) is 4.90 Å². The lowest BCUT2D eigenvalue weighted by molar-refractivity contribution is 0.102. The number of sulfonamides is 1. The molecule has 0 atom stereocenters. The lowest BCUT2D eigenvalue weighted by Crippen LogP contribution is -2.30. The Morgan fingerprint density at radius 3 is 2.39 bits per heavy atom. The number of aliphatic imine (C=N–C) groups is 1. The van der Waals surface area contributed by atoms with Crippen LogP contribution in [0.5, 0.6) is 0 Å². The smallest absolute Gasteiger partial charge is 0.262 e. The van der Waals surface area contributed by atoms with E-state index < -0.39 is 10.0 Å². The van der Waals surface area contributed by atoms with Gasteiger partial charge in [0.25, 0.3) is 15.9 Å². The summed E-state index contributed by atoms with van der Waals surface area (Å²) < 4.78 is 27.7. The Labute approximate surface area is 166 Å². The minimum atomic E-state index is -3.67. The van der Waals surface area contributed by atoms with E-state index in [2.05, 4.69) is 22.0 Å². The van der Waals surface area contributed by atoms with Crippen molar-refractivity contribution in [2.24, 2.45) is 4.99 Å². The van der Waals surface area contributed by atoms with Crippen molar-refractivity contribution < 1.29 is 13.2 Å². The number of benzene rings is 2. The number of aryl methyl sites for hydroxylation is 1. The number of amidine groups is 1. The highest BCUT2D eigenvalue weighted by molar-refractivity contribution is 7.90. The van der Waals surface area contributed by atoms with E-state index in [0.717, 1.165) is 31.2 Å². The minimum absolute atomic E-state index is 0.143. The van der Waals surface area contributed by atoms with Crippen molar-refractivity contribution in [2.45, 2.75) is 43.9 Å². The van der Waals surface area contributed by atoms with Crippen LogP contribution >= 0.6 is 0 Å². The Bertz CT molecular complexity index is 949. The molecule has 0 saturated carbocycles. The number of rotatable bonds is 5. The zero-order valence-corrected chi connectivity index (χ0v) is 16.8. The Morgan fingerprint density at radius 1 is 1.00 bits per heavy atom. The van der Waals surface area contributed by atoms with Gasteiger partial charge in [-0.15, -0.1) is 0 Å². The quantitative estimate of drug-likeness (QED) is 0.803. The normalized spacial score (nSPS) is 14.7. The molecular formula is C21H25N3O3S. The van der Waals surface area contributed by atoms with Crippen LogP contribution in [-0.2, 0) is 16.4 Å². The summed E-state index contributed by atoms with van der Waals surface area (Å²) in [6, 6.07) is 13.5. The van der Waals surface area contributed by atoms with E-state index in [9.17, 15) is 13.2 Å². The van der Waals surface area contributed by atoms with Gasteiger partial charge in [0, 0.05) is 24.2 Å². The fourth-order valence-electron chi connectivity index (χ4n) is 2.98. The summed E-state index contributed by atoms with van der Waals surface area (Å²) in [5.74, 6) is 0.287. The molecule has 3 rings (SSSR count). The van der Waals surface area contributed by atoms with E-state index in [1.807, 2.05) is 12.1 Å². The molecule has 1 aliphatic heterocycles. The first-order valence-electron chi connectivity index (χ1n) is 9.54. The van der Waals surface area contributed by atoms with Gasteiger partial charge < -0.3 is 5.32 Å². The average molecular weight is 400 g/mol. The van der Waals surface area contributed by atoms with Crippen LogP contribution in [0.25, 0.3) is 0 Å². The summed E-state index contributed by atoms with van der Waals surface area (Å²) in [5, 5.41) is 2.79. The van der Waals surface area contributed by atoms with Crippen LogP contribution in [0.15, 0.2) is 58.4 Å². The summed E-state index contributed by atoms with van der Waals surface area (Å²) in [5.41, 5.74) is 2.26. The van der Waals surface area contributed by atoms with Crippen LogP contribution in [0.2, 0.25) is 0 Å². The van der Waals surface area contributed by atoms with Gasteiger partial charge in [-0.1, -0.05) is 25.5 Å². The molecule has 0 radical (unpaired) electrons. The van der Waals surface area contributed by atoms with E-state index in [4.69, 9.17) is 0 Å². The lowest BCUT2D eigenvalue weighted by Gasteiger charge is -2.11. The fourth-order valence-corrected chi connectivity index (χ4v) is 4.07. The number of carbonyl (C=O) groups is 1. The van der Waals surface area contributed by atoms with Gasteiger partial charge in [0.1, 0.15) is 5.84 Å². The number of nitrogens with zero attached hydrogens (tertiary/aromatic N) is 1. The third-order valence-electron chi connectivity index (χ3n) is 4.67. The second-order valence-corrected chi connectivity index (χ2v) is 8.46. The topological polar surface area (TPSA) is 87.6 Å². The molecule has 0 aromatic heterocycles. The zero-order valence-electron chi connectivity index (χ0n) is 15.9. The Morgan fingerprint density at radius 2 is 1.71 bits per heavy atom. The molecule has 6 nitrogen and oxygen atoms in total. The highest BCUT2D eigenvalue weighted by atomic mass is 32.2. The molecule has 0 spiro atoms. The highest BCUT2D eigenvalue weighted by Crippen LogP contribution is 2.16. The van der Waals surface area contributed by atoms with Crippen LogP contribution in [0.1, 0.15) is 48.5 Å². The molecular weight excluding hydrogens is 374 g/mol. The zero-order chi connectivity index (χ0) is 20.0. The number of amides is 1. The van der Waals surface area contributed by atoms with E-state index in [1.54, 1.807) is 24.3 Å². The summed E-state index contributed by atoms with van der Waals surface area (Å²) in [4.78, 5) is 16.8. The first-order valence-corrected chi connectivity index (χ1v) is 11.0. The van der Waals surface area contributed by atoms with Crippen LogP contribution in [0.4, 0.5) is 5.69 Å². The SMILES string of the molecule is CCc1ccc(C(=O)Nc2ccc(S(=O)(=O)NC3=NCCCCC3)cc2)cc1. The van der Waals surface area contributed by atoms with Gasteiger partial charge in [0.15, 0.2) is 0 Å². The molecule has 7 heteroatoms. The van der Waals surface area contributed by atoms with Gasteiger partial charge in [0.2, 0.25) is 0 Å². The number of hydrogen-bond acceptors (Lipinski definition) is 4. The number of hydrogen-bond donors (Lipinski definition) is 2. The molecule has 0 unspecified atom stereocenters. The maximum Gasteiger partial charge on any atom is 0.262 e. The Kier molecular flexibility index (Phi) is 6.46. The van der Waals surface area contributed by atoms with E-state index in [-0.39, 0.29) is 10.8 Å². The maximum absolute atomic E-state index is 12.5. The Hall–Kier alpha value is -2.67. The van der Waals surface area contributed by atoms with Crippen LogP contribution in [0, 0.1) is 0 Å². The second-order valence-electron chi connectivity index (χ2n) is 6.77. The number of carbonyl (C=O) groups excluding carboxylic acids is 1. The van der Waals surface area contributed by atoms with Crippen molar-refractivity contribution >= 4 is 27.5 Å². The second kappa shape index (κ2) is 9.01. The van der Waals surface area contributed by atoms with Crippen molar-refractivity contribution in [1.82, 2.24) is 4.72 Å². The predicted molar refractivity (Wildman–Crippen MR) is 111 cm³/mol. The molecule has 28 heavy (non-hydrogen) atoms. The van der Waals surface area contributed by atoms with Gasteiger partial charge in [-0.05, 0) is 61.2 Å². The molecule has 1 aliphatic rings. The van der Waals surface area contributed by atoms with E-state index >= 15 is 0 Å². The predicted octanol–water partition coefficient (Wildman–Crippen LogP) is 3.75. The third kappa shape index (κ3) is 5.19. The fraction of sp³-hybridized carbons (Fsp3) is 0.333. The van der Waals surface area contributed by atoms with Crippen LogP contribution in [0.3, 0.4) is 0 Å². The van der Waals surface area contributed by atoms with Crippen LogP contribution < -0.4 is 10.0 Å². The van der Waals surface area contributed by atoms with Gasteiger partial charge in [-0.2, -0.15) is 0 Å². The van der Waals surface area contributed by atoms with Crippen molar-refractivity contribution in [2.75, 3.05) is 11.9 Å². The van der Waals surface area contributed by atoms with Crippen molar-refractivity contribution in [3.8, 4) is 0 Å². The molecule has 148 valence electrons. The highest BCUT2D eigenvalue weighted by Gasteiger charge is 2.17. The van der Waals surface area contributed by atoms with Crippen molar-refractivity contribution in [3.05, 3.63) is 59.7 Å². The van der Waals surface area contributed by atoms with Crippen molar-refractivity contribution in [3.63, 3.8) is 0 Å². The molecule has 0 saturated heterocycles. The minimum Gasteiger partial charge on any atom is -0.322 e. The molecule has 2 N–H and O–H groups in total. The largest absolute Gasteiger partial charge is 0.322 e. The first-order chi connectivity index (χ1) is 13.5. The molecule has 2 aromatic carbocycles. The molecule has 0 fully saturated rings. The molecule has 1 heterocycles. The van der Waals surface area contributed by atoms with E-state index in [0.29, 0.717) is 30.1 Å². The average Bonchev–Trinajstić information content (AvgIpc) is 2.96. The number of anilines is 1. The summed E-state index contributed by atoms with van der Waals surface area (Å²) in [6.07, 6.45) is 4.54. The third-order valence-corrected chi connectivity index (χ3v) is 6.07. The summed E-state index contributed by atoms with van der Waals surface area (Å²) in [6.45, 7) is 2.71. The lowest BCUT2D eigenvalue weighted by atomic mass is 10.1. The summed E-state index contributed by atoms with van der Waals surface area (Å²) >= 11 is 0. The van der Waals surface area contributed by atoms with Crippen molar-refractivity contribution in [1.29, 1.82) is 0 Å². The summed E-state index contributed by atoms with van der Waals surface area (Å²) in [7, 11) is -3.67. The van der Waals surface area contributed by atoms with E-state index in [1.165, 1.54) is 12.1 Å². The molecule has 2 aromatic rings. The molecule has 1 amide bonds. The molecule has 0 bridgehead atoms. The van der Waals surface area contributed by atoms with Gasteiger partial charge in [-0.3, -0.25) is 14.5 Å². The van der Waals surface area contributed by atoms with Gasteiger partial charge >= 0.3 is 0 Å². The number of nitrogens with one attached hydrogen (secondary N) is 2. The first kappa shape index (κ1) is 20.1. The monoisotopic (exact) mass is 399 g/mol. The van der Waals surface area contributed by atoms with Crippen LogP contribution in [-0.4, -0.2) is 26.7 Å². The Balaban J connectivity index is 1.66. The van der Waals surface area contributed by atoms with Gasteiger partial charge in [-0.25, -0.2) is 8.42 Å². The molecule has 0 aliphatic carbocycles. The standard InChI is InChI=1S/C21H25N3O3S/c1-2-16-7-9-17(10-8-16)21(25)23-18-11-13-19(14-12-18)28(26,27)24-20-6-4-3-5-15-22-20/h7-14H,2-6,15H2,1H3,(H,22,24)(H,23,25).